The molecule has 8 nitrogen and oxygen atoms in total. The van der Waals surface area contributed by atoms with Crippen LogP contribution in [-0.4, -0.2) is 40.1 Å². The van der Waals surface area contributed by atoms with Crippen LogP contribution in [0.3, 0.4) is 0 Å². The molecule has 0 bridgehead atoms. The summed E-state index contributed by atoms with van der Waals surface area (Å²) in [5, 5.41) is 3.60. The minimum atomic E-state index is -0.352. The van der Waals surface area contributed by atoms with Gasteiger partial charge in [-0.15, -0.1) is 0 Å². The molecule has 0 aromatic carbocycles. The van der Waals surface area contributed by atoms with E-state index >= 15 is 0 Å². The van der Waals surface area contributed by atoms with E-state index in [0.29, 0.717) is 17.6 Å². The second kappa shape index (κ2) is 8.04. The van der Waals surface area contributed by atoms with E-state index in [0.717, 1.165) is 33.3 Å². The van der Waals surface area contributed by atoms with E-state index < -0.39 is 0 Å². The van der Waals surface area contributed by atoms with Crippen LogP contribution < -0.4 is 14.8 Å². The molecular weight excluding hydrogens is 382 g/mol. The molecule has 150 valence electrons. The molecule has 2 N–H and O–H groups in total. The van der Waals surface area contributed by atoms with E-state index in [2.05, 4.69) is 31.8 Å². The maximum Gasteiger partial charge on any atom is 0.248 e. The SMILES string of the molecule is C=CC(=O)Nc1cc(-c2cnc3[nH]cc(-c4ccc(OC)nc4)c3c2)cc(OC)n1. The van der Waals surface area contributed by atoms with Gasteiger partial charge in [-0.2, -0.15) is 4.98 Å². The van der Waals surface area contributed by atoms with Crippen molar-refractivity contribution in [1.82, 2.24) is 19.9 Å². The highest BCUT2D eigenvalue weighted by molar-refractivity contribution is 5.99. The van der Waals surface area contributed by atoms with Crippen molar-refractivity contribution in [2.75, 3.05) is 19.5 Å². The molecule has 0 saturated heterocycles. The fraction of sp³-hybridized carbons (Fsp3) is 0.0909. The van der Waals surface area contributed by atoms with Crippen LogP contribution in [0.4, 0.5) is 5.82 Å². The number of anilines is 1. The molecule has 0 aliphatic heterocycles. The number of pyridine rings is 3. The smallest absolute Gasteiger partial charge is 0.248 e. The lowest BCUT2D eigenvalue weighted by atomic mass is 10.0. The Kier molecular flexibility index (Phi) is 5.13. The molecule has 4 rings (SSSR count). The first-order valence-electron chi connectivity index (χ1n) is 9.08. The number of ether oxygens (including phenoxy) is 2. The molecule has 0 atom stereocenters. The number of rotatable bonds is 6. The number of hydrogen-bond acceptors (Lipinski definition) is 6. The number of nitrogens with zero attached hydrogens (tertiary/aromatic N) is 3. The average Bonchev–Trinajstić information content (AvgIpc) is 3.22. The van der Waals surface area contributed by atoms with Crippen LogP contribution in [0.2, 0.25) is 0 Å². The maximum atomic E-state index is 11.7. The quantitative estimate of drug-likeness (QED) is 0.476. The van der Waals surface area contributed by atoms with Crippen LogP contribution in [0, 0.1) is 0 Å². The third-order valence-corrected chi connectivity index (χ3v) is 4.57. The van der Waals surface area contributed by atoms with Gasteiger partial charge >= 0.3 is 0 Å². The van der Waals surface area contributed by atoms with Gasteiger partial charge in [-0.25, -0.2) is 9.97 Å². The van der Waals surface area contributed by atoms with Gasteiger partial charge in [-0.3, -0.25) is 4.79 Å². The molecule has 0 aliphatic rings. The number of carbonyl (C=O) groups excluding carboxylic acids is 1. The van der Waals surface area contributed by atoms with Crippen molar-refractivity contribution in [2.45, 2.75) is 0 Å². The van der Waals surface area contributed by atoms with Gasteiger partial charge in [0, 0.05) is 52.8 Å². The number of methoxy groups -OCH3 is 2. The van der Waals surface area contributed by atoms with Crippen LogP contribution in [0.1, 0.15) is 0 Å². The third-order valence-electron chi connectivity index (χ3n) is 4.57. The average molecular weight is 401 g/mol. The van der Waals surface area contributed by atoms with Crippen LogP contribution >= 0.6 is 0 Å². The van der Waals surface area contributed by atoms with Gasteiger partial charge in [0.1, 0.15) is 11.5 Å². The number of amides is 1. The fourth-order valence-corrected chi connectivity index (χ4v) is 3.08. The standard InChI is InChI=1S/C22H19N5O3/c1-4-19(28)26-18-8-14(9-21(27-18)30-3)15-7-16-17(12-25-22(16)24-11-15)13-5-6-20(29-2)23-10-13/h4-12H,1H2,2-3H3,(H,24,25)(H,26,27,28). The van der Waals surface area contributed by atoms with E-state index in [4.69, 9.17) is 9.47 Å². The summed E-state index contributed by atoms with van der Waals surface area (Å²) in [4.78, 5) is 27.9. The minimum Gasteiger partial charge on any atom is -0.481 e. The molecule has 0 fully saturated rings. The predicted molar refractivity (Wildman–Crippen MR) is 114 cm³/mol. The minimum absolute atomic E-state index is 0.352. The Morgan fingerprint density at radius 2 is 1.83 bits per heavy atom. The van der Waals surface area contributed by atoms with Crippen LogP contribution in [-0.2, 0) is 4.79 Å². The number of aromatic nitrogens is 4. The van der Waals surface area contributed by atoms with E-state index in [9.17, 15) is 4.79 Å². The zero-order valence-corrected chi connectivity index (χ0v) is 16.5. The third kappa shape index (κ3) is 3.70. The van der Waals surface area contributed by atoms with Gasteiger partial charge in [0.2, 0.25) is 17.7 Å². The Morgan fingerprint density at radius 3 is 2.53 bits per heavy atom. The van der Waals surface area contributed by atoms with Crippen LogP contribution in [0.15, 0.2) is 61.6 Å². The number of fused-ring (bicyclic) bond motifs is 1. The van der Waals surface area contributed by atoms with Gasteiger partial charge in [-0.1, -0.05) is 6.58 Å². The lowest BCUT2D eigenvalue weighted by Crippen LogP contribution is -2.09. The summed E-state index contributed by atoms with van der Waals surface area (Å²) < 4.78 is 10.4. The molecule has 4 heterocycles. The largest absolute Gasteiger partial charge is 0.481 e. The molecule has 30 heavy (non-hydrogen) atoms. The highest BCUT2D eigenvalue weighted by Crippen LogP contribution is 2.32. The summed E-state index contributed by atoms with van der Waals surface area (Å²) in [7, 11) is 3.10. The van der Waals surface area contributed by atoms with E-state index in [1.807, 2.05) is 24.4 Å². The Hall–Kier alpha value is -4.20. The van der Waals surface area contributed by atoms with Crippen LogP contribution in [0.25, 0.3) is 33.3 Å². The Balaban J connectivity index is 1.78. The number of H-pyrrole nitrogens is 1. The monoisotopic (exact) mass is 401 g/mol. The first-order valence-corrected chi connectivity index (χ1v) is 9.08. The second-order valence-corrected chi connectivity index (χ2v) is 6.39. The van der Waals surface area contributed by atoms with E-state index in [-0.39, 0.29) is 5.91 Å². The molecule has 0 saturated carbocycles. The van der Waals surface area contributed by atoms with Gasteiger partial charge in [0.05, 0.1) is 14.2 Å². The lowest BCUT2D eigenvalue weighted by Gasteiger charge is -2.09. The highest BCUT2D eigenvalue weighted by Gasteiger charge is 2.12. The molecule has 4 aromatic heterocycles. The van der Waals surface area contributed by atoms with Crippen molar-refractivity contribution in [3.05, 3.63) is 61.6 Å². The molecule has 0 spiro atoms. The van der Waals surface area contributed by atoms with Crippen molar-refractivity contribution in [2.24, 2.45) is 0 Å². The van der Waals surface area contributed by atoms with E-state index in [1.165, 1.54) is 13.2 Å². The van der Waals surface area contributed by atoms with Gasteiger partial charge in [-0.05, 0) is 29.8 Å². The molecule has 1 amide bonds. The molecule has 0 radical (unpaired) electrons. The van der Waals surface area contributed by atoms with Gasteiger partial charge in [0.15, 0.2) is 0 Å². The van der Waals surface area contributed by atoms with Crippen molar-refractivity contribution in [3.8, 4) is 34.0 Å². The Labute approximate surface area is 172 Å². The predicted octanol–water partition coefficient (Wildman–Crippen LogP) is 3.83. The fourth-order valence-electron chi connectivity index (χ4n) is 3.08. The first kappa shape index (κ1) is 19.1. The lowest BCUT2D eigenvalue weighted by molar-refractivity contribution is -0.111. The normalized spacial score (nSPS) is 10.6. The molecule has 0 unspecified atom stereocenters. The molecule has 0 aliphatic carbocycles. The summed E-state index contributed by atoms with van der Waals surface area (Å²) in [5.41, 5.74) is 4.31. The molecular formula is C22H19N5O3. The number of carbonyl (C=O) groups is 1. The summed E-state index contributed by atoms with van der Waals surface area (Å²) in [6.07, 6.45) is 6.59. The summed E-state index contributed by atoms with van der Waals surface area (Å²) in [6.45, 7) is 3.46. The second-order valence-electron chi connectivity index (χ2n) is 6.39. The molecule has 8 heteroatoms. The van der Waals surface area contributed by atoms with E-state index in [1.54, 1.807) is 31.6 Å². The van der Waals surface area contributed by atoms with Crippen molar-refractivity contribution >= 4 is 22.8 Å². The maximum absolute atomic E-state index is 11.7. The zero-order chi connectivity index (χ0) is 21.1. The zero-order valence-electron chi connectivity index (χ0n) is 16.5. The summed E-state index contributed by atoms with van der Waals surface area (Å²) in [6, 6.07) is 9.32. The number of aromatic amines is 1. The topological polar surface area (TPSA) is 102 Å². The highest BCUT2D eigenvalue weighted by atomic mass is 16.5. The van der Waals surface area contributed by atoms with Gasteiger partial charge in [0.25, 0.3) is 0 Å². The number of hydrogen-bond donors (Lipinski definition) is 2. The Bertz CT molecular complexity index is 1230. The van der Waals surface area contributed by atoms with Crippen LogP contribution in [0.5, 0.6) is 11.8 Å². The van der Waals surface area contributed by atoms with Crippen molar-refractivity contribution in [1.29, 1.82) is 0 Å². The first-order chi connectivity index (χ1) is 14.6. The van der Waals surface area contributed by atoms with Gasteiger partial charge < -0.3 is 19.8 Å². The molecule has 4 aromatic rings. The summed E-state index contributed by atoms with van der Waals surface area (Å²) >= 11 is 0. The number of nitrogens with one attached hydrogen (secondary N) is 2. The summed E-state index contributed by atoms with van der Waals surface area (Å²) in [5.74, 6) is 0.939. The van der Waals surface area contributed by atoms with Crippen molar-refractivity contribution < 1.29 is 14.3 Å². The Morgan fingerprint density at radius 1 is 1.03 bits per heavy atom. The van der Waals surface area contributed by atoms with Crippen molar-refractivity contribution in [3.63, 3.8) is 0 Å².